The second-order valence-electron chi connectivity index (χ2n) is 13.2. The van der Waals surface area contributed by atoms with Gasteiger partial charge in [-0.2, -0.15) is 0 Å². The van der Waals surface area contributed by atoms with Gasteiger partial charge in [0.05, 0.1) is 13.2 Å². The van der Waals surface area contributed by atoms with Crippen LogP contribution in [0.5, 0.6) is 0 Å². The second-order valence-corrected chi connectivity index (χ2v) is 14.2. The average molecular weight is 691 g/mol. The van der Waals surface area contributed by atoms with E-state index in [4.69, 9.17) is 28.7 Å². The topological polar surface area (TPSA) is 116 Å². The zero-order valence-corrected chi connectivity index (χ0v) is 31.9. The Labute approximate surface area is 291 Å². The molecular weight excluding hydrogens is 611 g/mol. The Morgan fingerprint density at radius 1 is 0.511 bits per heavy atom. The zero-order chi connectivity index (χ0) is 34.9. The van der Waals surface area contributed by atoms with Crippen molar-refractivity contribution in [2.75, 3.05) is 26.4 Å². The highest BCUT2D eigenvalue weighted by Crippen LogP contribution is 2.25. The number of rotatable bonds is 36. The molecule has 0 aromatic carbocycles. The summed E-state index contributed by atoms with van der Waals surface area (Å²) >= 11 is 0. The molecule has 0 radical (unpaired) electrons. The van der Waals surface area contributed by atoms with E-state index in [9.17, 15) is 5.11 Å². The summed E-state index contributed by atoms with van der Waals surface area (Å²) in [4.78, 5) is 21.6. The molecule has 8 heteroatoms. The van der Waals surface area contributed by atoms with Crippen molar-refractivity contribution >= 4 is 7.82 Å². The monoisotopic (exact) mass is 691 g/mol. The van der Waals surface area contributed by atoms with Crippen LogP contribution in [0, 0.1) is 0 Å². The van der Waals surface area contributed by atoms with Crippen molar-refractivity contribution in [2.24, 2.45) is 0 Å². The molecular formula is C39H79O7P. The van der Waals surface area contributed by atoms with Crippen LogP contribution in [-0.2, 0) is 14.0 Å². The van der Waals surface area contributed by atoms with Crippen LogP contribution in [0.25, 0.3) is 0 Å². The molecule has 0 heterocycles. The predicted octanol–water partition coefficient (Wildman–Crippen LogP) is 11.5. The van der Waals surface area contributed by atoms with Crippen LogP contribution in [0.4, 0.5) is 0 Å². The molecule has 0 bridgehead atoms. The van der Waals surface area contributed by atoms with Gasteiger partial charge in [-0.3, -0.25) is 0 Å². The largest absolute Gasteiger partial charge is 0.466 e. The highest BCUT2D eigenvalue weighted by atomic mass is 31.2. The molecule has 1 unspecified atom stereocenters. The summed E-state index contributed by atoms with van der Waals surface area (Å²) in [7, 11) is -4.64. The van der Waals surface area contributed by atoms with Crippen molar-refractivity contribution < 1.29 is 33.8 Å². The minimum Gasteiger partial charge on any atom is -0.394 e. The van der Waals surface area contributed by atoms with Crippen molar-refractivity contribution in [1.82, 2.24) is 0 Å². The van der Waals surface area contributed by atoms with Gasteiger partial charge in [0.1, 0.15) is 6.10 Å². The summed E-state index contributed by atoms with van der Waals surface area (Å²) in [6.07, 6.45) is 46.4. The summed E-state index contributed by atoms with van der Waals surface area (Å²) in [6, 6.07) is 0. The van der Waals surface area contributed by atoms with Gasteiger partial charge >= 0.3 is 7.82 Å². The van der Waals surface area contributed by atoms with E-state index in [2.05, 4.69) is 38.2 Å². The normalized spacial score (nSPS) is 12.6. The van der Waals surface area contributed by atoms with Crippen LogP contribution in [-0.4, -0.2) is 52.3 Å². The molecule has 0 spiro atoms. The number of aliphatic hydroxyl groups excluding tert-OH is 1. The highest BCUT2D eigenvalue weighted by Gasteiger charge is 2.07. The first-order chi connectivity index (χ1) is 22.8. The van der Waals surface area contributed by atoms with Gasteiger partial charge in [-0.15, -0.1) is 0 Å². The van der Waals surface area contributed by atoms with E-state index in [-0.39, 0.29) is 12.7 Å². The molecule has 0 amide bonds. The van der Waals surface area contributed by atoms with E-state index in [1.165, 1.54) is 161 Å². The van der Waals surface area contributed by atoms with Crippen LogP contribution in [0.1, 0.15) is 194 Å². The van der Waals surface area contributed by atoms with E-state index in [1.807, 2.05) is 0 Å². The maximum atomic E-state index is 9.59. The van der Waals surface area contributed by atoms with Gasteiger partial charge in [-0.05, 0) is 44.9 Å². The molecule has 0 aromatic rings. The molecule has 47 heavy (non-hydrogen) atoms. The fraction of sp³-hybridized carbons (Fsp3) is 0.897. The molecule has 4 N–H and O–H groups in total. The molecule has 282 valence electrons. The molecule has 0 aliphatic carbocycles. The van der Waals surface area contributed by atoms with Crippen LogP contribution < -0.4 is 0 Å². The summed E-state index contributed by atoms with van der Waals surface area (Å²) in [5, 5.41) is 9.59. The number of allylic oxidation sites excluding steroid dienone is 4. The van der Waals surface area contributed by atoms with Crippen LogP contribution in [0.3, 0.4) is 0 Å². The van der Waals surface area contributed by atoms with Gasteiger partial charge in [-0.1, -0.05) is 173 Å². The Hall–Kier alpha value is -0.530. The molecule has 0 saturated carbocycles. The SMILES string of the molecule is CCCCCC=CCC=CCCCCCCCCOC(CO)COCCCCCCCCCCCCCCCCCC.O=P(O)(O)O. The first-order valence-corrected chi connectivity index (χ1v) is 21.3. The molecule has 0 rings (SSSR count). The first kappa shape index (κ1) is 48.6. The van der Waals surface area contributed by atoms with E-state index in [0.717, 1.165) is 32.5 Å². The lowest BCUT2D eigenvalue weighted by Gasteiger charge is -2.15. The smallest absolute Gasteiger partial charge is 0.394 e. The number of aliphatic hydroxyl groups is 1. The van der Waals surface area contributed by atoms with E-state index >= 15 is 0 Å². The lowest BCUT2D eigenvalue weighted by molar-refractivity contribution is -0.0437. The van der Waals surface area contributed by atoms with E-state index < -0.39 is 7.82 Å². The summed E-state index contributed by atoms with van der Waals surface area (Å²) in [5.41, 5.74) is 0. The van der Waals surface area contributed by atoms with Gasteiger partial charge in [0.25, 0.3) is 0 Å². The molecule has 0 aromatic heterocycles. The molecule has 7 nitrogen and oxygen atoms in total. The Balaban J connectivity index is 0. The van der Waals surface area contributed by atoms with Gasteiger partial charge < -0.3 is 29.3 Å². The fourth-order valence-electron chi connectivity index (χ4n) is 5.46. The quantitative estimate of drug-likeness (QED) is 0.0294. The molecule has 0 aliphatic heterocycles. The Morgan fingerprint density at radius 2 is 0.851 bits per heavy atom. The summed E-state index contributed by atoms with van der Waals surface area (Å²) in [6.45, 7) is 6.67. The maximum absolute atomic E-state index is 9.59. The third kappa shape index (κ3) is 52.5. The van der Waals surface area contributed by atoms with Crippen molar-refractivity contribution in [1.29, 1.82) is 0 Å². The fourth-order valence-corrected chi connectivity index (χ4v) is 5.46. The molecule has 0 aliphatic rings. The third-order valence-electron chi connectivity index (χ3n) is 8.35. The number of hydrogen-bond acceptors (Lipinski definition) is 4. The number of ether oxygens (including phenoxy) is 2. The second kappa shape index (κ2) is 41.6. The van der Waals surface area contributed by atoms with Gasteiger partial charge in [-0.25, -0.2) is 4.57 Å². The van der Waals surface area contributed by atoms with Gasteiger partial charge in [0, 0.05) is 13.2 Å². The standard InChI is InChI=1S/C39H76O3.H3O4P/c1-3-5-7-9-11-13-15-17-19-21-23-25-27-29-31-33-35-41-38-39(37-40)42-36-34-32-30-28-26-24-22-20-18-16-14-12-10-8-6-4-2;1-5(2,3)4/h12,14,18,20,39-40H,3-11,13,15-17,19,21-38H2,1-2H3;(H3,1,2,3,4). The van der Waals surface area contributed by atoms with E-state index in [0.29, 0.717) is 6.61 Å². The molecule has 0 fully saturated rings. The van der Waals surface area contributed by atoms with Crippen molar-refractivity contribution in [2.45, 2.75) is 200 Å². The number of phosphoric acid groups is 1. The van der Waals surface area contributed by atoms with Gasteiger partial charge in [0.2, 0.25) is 0 Å². The highest BCUT2D eigenvalue weighted by molar-refractivity contribution is 7.45. The van der Waals surface area contributed by atoms with Crippen molar-refractivity contribution in [3.63, 3.8) is 0 Å². The van der Waals surface area contributed by atoms with Crippen molar-refractivity contribution in [3.8, 4) is 0 Å². The third-order valence-corrected chi connectivity index (χ3v) is 8.35. The van der Waals surface area contributed by atoms with Gasteiger partial charge in [0.15, 0.2) is 0 Å². The zero-order valence-electron chi connectivity index (χ0n) is 31.0. The molecule has 0 saturated heterocycles. The van der Waals surface area contributed by atoms with Crippen LogP contribution >= 0.6 is 7.82 Å². The van der Waals surface area contributed by atoms with Crippen molar-refractivity contribution in [3.05, 3.63) is 24.3 Å². The van der Waals surface area contributed by atoms with Crippen LogP contribution in [0.2, 0.25) is 0 Å². The number of unbranched alkanes of at least 4 members (excludes halogenated alkanes) is 24. The minimum absolute atomic E-state index is 0.0567. The minimum atomic E-state index is -4.64. The Kier molecular flexibility index (Phi) is 43.0. The lowest BCUT2D eigenvalue weighted by atomic mass is 10.0. The summed E-state index contributed by atoms with van der Waals surface area (Å²) < 4.78 is 20.5. The predicted molar refractivity (Wildman–Crippen MR) is 201 cm³/mol. The Morgan fingerprint density at radius 3 is 1.28 bits per heavy atom. The van der Waals surface area contributed by atoms with Crippen LogP contribution in [0.15, 0.2) is 24.3 Å². The molecule has 1 atom stereocenters. The summed E-state index contributed by atoms with van der Waals surface area (Å²) in [5.74, 6) is 0. The van der Waals surface area contributed by atoms with E-state index in [1.54, 1.807) is 0 Å². The maximum Gasteiger partial charge on any atom is 0.466 e. The first-order valence-electron chi connectivity index (χ1n) is 19.7. The average Bonchev–Trinajstić information content (AvgIpc) is 3.03. The number of hydrogen-bond donors (Lipinski definition) is 4. The lowest BCUT2D eigenvalue weighted by Crippen LogP contribution is -2.24. The Bertz CT molecular complexity index is 672.